The molecule has 3 aromatic rings. The Morgan fingerprint density at radius 2 is 1.19 bits per heavy atom. The van der Waals surface area contributed by atoms with E-state index >= 15 is 0 Å². The number of hydrogen-bond donors (Lipinski definition) is 0. The summed E-state index contributed by atoms with van der Waals surface area (Å²) >= 11 is 0. The molecule has 5 heteroatoms. The number of para-hydroxylation sites is 2. The Morgan fingerprint density at radius 1 is 0.630 bits per heavy atom. The van der Waals surface area contributed by atoms with Crippen LogP contribution in [0.2, 0.25) is 0 Å². The molecule has 0 aromatic heterocycles. The topological polar surface area (TPSA) is 57.7 Å². The lowest BCUT2D eigenvalue weighted by Crippen LogP contribution is -2.39. The maximum atomic E-state index is 13.4. The molecule has 2 aliphatic rings. The van der Waals surface area contributed by atoms with E-state index in [-0.39, 0.29) is 5.91 Å². The van der Waals surface area contributed by atoms with E-state index in [2.05, 4.69) is 0 Å². The first-order valence-electron chi connectivity index (χ1n) is 8.63. The van der Waals surface area contributed by atoms with Gasteiger partial charge < -0.3 is 0 Å². The third kappa shape index (κ3) is 2.08. The number of amides is 3. The highest BCUT2D eigenvalue weighted by Gasteiger charge is 2.49. The second kappa shape index (κ2) is 5.64. The van der Waals surface area contributed by atoms with Crippen LogP contribution >= 0.6 is 0 Å². The molecule has 3 amide bonds. The number of carbonyl (C=O) groups is 3. The maximum absolute atomic E-state index is 13.4. The minimum atomic E-state index is -0.964. The monoisotopic (exact) mass is 354 g/mol. The summed E-state index contributed by atoms with van der Waals surface area (Å²) in [6.45, 7) is 0. The average Bonchev–Trinajstić information content (AvgIpc) is 3.13. The number of fused-ring (bicyclic) bond motifs is 2. The smallest absolute Gasteiger partial charge is 0.262 e. The van der Waals surface area contributed by atoms with Crippen molar-refractivity contribution in [2.75, 3.05) is 4.90 Å². The van der Waals surface area contributed by atoms with E-state index < -0.39 is 17.9 Å². The van der Waals surface area contributed by atoms with Crippen LogP contribution in [-0.4, -0.2) is 22.6 Å². The van der Waals surface area contributed by atoms with Gasteiger partial charge in [0.15, 0.2) is 0 Å². The van der Waals surface area contributed by atoms with Gasteiger partial charge in [-0.05, 0) is 30.3 Å². The van der Waals surface area contributed by atoms with Gasteiger partial charge in [0.05, 0.1) is 16.8 Å². The zero-order valence-corrected chi connectivity index (χ0v) is 14.2. The average molecular weight is 354 g/mol. The van der Waals surface area contributed by atoms with E-state index in [4.69, 9.17) is 0 Å². The third-order valence-electron chi connectivity index (χ3n) is 5.02. The Morgan fingerprint density at radius 3 is 1.85 bits per heavy atom. The van der Waals surface area contributed by atoms with Crippen molar-refractivity contribution in [3.63, 3.8) is 0 Å². The van der Waals surface area contributed by atoms with E-state index in [1.165, 1.54) is 0 Å². The van der Waals surface area contributed by atoms with Crippen molar-refractivity contribution in [1.29, 1.82) is 0 Å². The van der Waals surface area contributed by atoms with Crippen molar-refractivity contribution in [1.82, 2.24) is 4.90 Å². The summed E-state index contributed by atoms with van der Waals surface area (Å²) in [5.74, 6) is -1.17. The predicted octanol–water partition coefficient (Wildman–Crippen LogP) is 3.70. The number of hydrogen-bond acceptors (Lipinski definition) is 3. The summed E-state index contributed by atoms with van der Waals surface area (Å²) in [6.07, 6.45) is 0. The summed E-state index contributed by atoms with van der Waals surface area (Å²) in [5.41, 5.74) is 2.72. The molecular formula is C22H14N2O3. The molecule has 0 spiro atoms. The van der Waals surface area contributed by atoms with Crippen molar-refractivity contribution in [3.05, 3.63) is 95.6 Å². The highest BCUT2D eigenvalue weighted by Crippen LogP contribution is 2.45. The van der Waals surface area contributed by atoms with Crippen LogP contribution in [0.1, 0.15) is 32.3 Å². The number of carbonyl (C=O) groups excluding carboxylic acids is 3. The van der Waals surface area contributed by atoms with Gasteiger partial charge in [0.2, 0.25) is 0 Å². The Hall–Kier alpha value is -3.73. The van der Waals surface area contributed by atoms with Gasteiger partial charge in [-0.2, -0.15) is 0 Å². The molecular weight excluding hydrogens is 340 g/mol. The SMILES string of the molecule is O=C1C(N2C(=O)c3ccccc3C2=O)c2ccccc2N1c1ccccc1. The van der Waals surface area contributed by atoms with E-state index in [1.807, 2.05) is 48.5 Å². The number of anilines is 2. The van der Waals surface area contributed by atoms with Gasteiger partial charge in [-0.15, -0.1) is 0 Å². The lowest BCUT2D eigenvalue weighted by Gasteiger charge is -2.22. The maximum Gasteiger partial charge on any atom is 0.262 e. The Balaban J connectivity index is 1.65. The molecule has 1 atom stereocenters. The molecule has 5 nitrogen and oxygen atoms in total. The first-order valence-corrected chi connectivity index (χ1v) is 8.63. The largest absolute Gasteiger partial charge is 0.279 e. The molecule has 0 bridgehead atoms. The lowest BCUT2D eigenvalue weighted by molar-refractivity contribution is -0.121. The number of rotatable bonds is 2. The molecule has 3 aromatic carbocycles. The second-order valence-corrected chi connectivity index (χ2v) is 6.50. The zero-order valence-electron chi connectivity index (χ0n) is 14.2. The normalized spacial score (nSPS) is 18.1. The van der Waals surface area contributed by atoms with Gasteiger partial charge in [0.25, 0.3) is 17.7 Å². The van der Waals surface area contributed by atoms with Crippen molar-refractivity contribution in [3.8, 4) is 0 Å². The fourth-order valence-corrected chi connectivity index (χ4v) is 3.83. The van der Waals surface area contributed by atoms with Crippen LogP contribution in [0.5, 0.6) is 0 Å². The Bertz CT molecular complexity index is 1070. The van der Waals surface area contributed by atoms with E-state index in [0.717, 1.165) is 4.90 Å². The molecule has 0 saturated heterocycles. The molecule has 2 aliphatic heterocycles. The second-order valence-electron chi connectivity index (χ2n) is 6.50. The van der Waals surface area contributed by atoms with Crippen LogP contribution in [0.15, 0.2) is 78.9 Å². The number of benzene rings is 3. The van der Waals surface area contributed by atoms with E-state index in [1.54, 1.807) is 35.2 Å². The van der Waals surface area contributed by atoms with Crippen LogP contribution < -0.4 is 4.90 Å². The summed E-state index contributed by atoms with van der Waals surface area (Å²) in [6, 6.07) is 22.2. The molecule has 1 unspecified atom stereocenters. The molecule has 0 saturated carbocycles. The van der Waals surface area contributed by atoms with Crippen LogP contribution in [0.25, 0.3) is 0 Å². The minimum absolute atomic E-state index is 0.308. The fourth-order valence-electron chi connectivity index (χ4n) is 3.83. The quantitative estimate of drug-likeness (QED) is 0.659. The fraction of sp³-hybridized carbons (Fsp3) is 0.0455. The first kappa shape index (κ1) is 15.5. The van der Waals surface area contributed by atoms with Crippen LogP contribution in [0.4, 0.5) is 11.4 Å². The molecule has 0 fully saturated rings. The van der Waals surface area contributed by atoms with E-state index in [0.29, 0.717) is 28.1 Å². The molecule has 130 valence electrons. The summed E-state index contributed by atoms with van der Waals surface area (Å²) < 4.78 is 0. The van der Waals surface area contributed by atoms with Gasteiger partial charge in [-0.1, -0.05) is 48.5 Å². The predicted molar refractivity (Wildman–Crippen MR) is 99.7 cm³/mol. The summed E-state index contributed by atoms with van der Waals surface area (Å²) in [5, 5.41) is 0. The van der Waals surface area contributed by atoms with E-state index in [9.17, 15) is 14.4 Å². The van der Waals surface area contributed by atoms with Gasteiger partial charge in [0, 0.05) is 11.3 Å². The molecule has 2 heterocycles. The Labute approximate surface area is 155 Å². The van der Waals surface area contributed by atoms with Gasteiger partial charge in [-0.25, -0.2) is 0 Å². The highest BCUT2D eigenvalue weighted by atomic mass is 16.2. The third-order valence-corrected chi connectivity index (χ3v) is 5.02. The number of nitrogens with zero attached hydrogens (tertiary/aromatic N) is 2. The van der Waals surface area contributed by atoms with Crippen molar-refractivity contribution in [2.24, 2.45) is 0 Å². The van der Waals surface area contributed by atoms with Crippen molar-refractivity contribution < 1.29 is 14.4 Å². The molecule has 5 rings (SSSR count). The molecule has 27 heavy (non-hydrogen) atoms. The highest BCUT2D eigenvalue weighted by molar-refractivity contribution is 6.25. The molecule has 0 aliphatic carbocycles. The number of imide groups is 1. The van der Waals surface area contributed by atoms with Gasteiger partial charge in [0.1, 0.15) is 6.04 Å². The molecule has 0 radical (unpaired) electrons. The molecule has 0 N–H and O–H groups in total. The standard InChI is InChI=1S/C22H14N2O3/c25-20-15-10-4-5-11-16(15)21(26)24(20)19-17-12-6-7-13-18(17)23(22(19)27)14-8-2-1-3-9-14/h1-13,19H. The van der Waals surface area contributed by atoms with Gasteiger partial charge in [-0.3, -0.25) is 24.2 Å². The first-order chi connectivity index (χ1) is 13.2. The van der Waals surface area contributed by atoms with Gasteiger partial charge >= 0.3 is 0 Å². The minimum Gasteiger partial charge on any atom is -0.279 e. The van der Waals surface area contributed by atoms with Crippen molar-refractivity contribution >= 4 is 29.1 Å². The Kier molecular flexibility index (Phi) is 3.24. The van der Waals surface area contributed by atoms with Crippen LogP contribution in [-0.2, 0) is 4.79 Å². The van der Waals surface area contributed by atoms with Crippen LogP contribution in [0.3, 0.4) is 0 Å². The van der Waals surface area contributed by atoms with Crippen molar-refractivity contribution in [2.45, 2.75) is 6.04 Å². The zero-order chi connectivity index (χ0) is 18.5. The van der Waals surface area contributed by atoms with Crippen LogP contribution in [0, 0.1) is 0 Å². The summed E-state index contributed by atoms with van der Waals surface area (Å²) in [7, 11) is 0. The lowest BCUT2D eigenvalue weighted by atomic mass is 10.1. The summed E-state index contributed by atoms with van der Waals surface area (Å²) in [4.78, 5) is 41.9.